The van der Waals surface area contributed by atoms with Crippen LogP contribution in [0, 0.1) is 17.1 Å². The van der Waals surface area contributed by atoms with E-state index in [0.717, 1.165) is 0 Å². The first-order valence-electron chi connectivity index (χ1n) is 4.30. The molecule has 0 aliphatic rings. The molecule has 0 radical (unpaired) electrons. The average Bonchev–Trinajstić information content (AvgIpc) is 2.17. The minimum absolute atomic E-state index is 0.298. The first-order valence-corrected chi connectivity index (χ1v) is 4.30. The molecular formula is C11H12FN. The van der Waals surface area contributed by atoms with Crippen molar-refractivity contribution in [1.29, 1.82) is 5.26 Å². The zero-order valence-corrected chi connectivity index (χ0v) is 7.84. The lowest BCUT2D eigenvalue weighted by Crippen LogP contribution is -2.19. The fourth-order valence-corrected chi connectivity index (χ4v) is 1.24. The first-order chi connectivity index (χ1) is 6.14. The summed E-state index contributed by atoms with van der Waals surface area (Å²) in [5, 5.41) is 8.95. The quantitative estimate of drug-likeness (QED) is 0.681. The van der Waals surface area contributed by atoms with E-state index in [9.17, 15) is 4.39 Å². The lowest BCUT2D eigenvalue weighted by Gasteiger charge is -2.20. The SMILES string of the molecule is CCC(C)(C#N)c1ccccc1F. The molecule has 1 nitrogen and oxygen atoms in total. The Morgan fingerprint density at radius 3 is 2.54 bits per heavy atom. The largest absolute Gasteiger partial charge is 0.207 e. The van der Waals surface area contributed by atoms with Crippen LogP contribution >= 0.6 is 0 Å². The summed E-state index contributed by atoms with van der Waals surface area (Å²) in [6.07, 6.45) is 0.616. The molecule has 0 saturated carbocycles. The lowest BCUT2D eigenvalue weighted by molar-refractivity contribution is 0.525. The van der Waals surface area contributed by atoms with Gasteiger partial charge in [0.15, 0.2) is 0 Å². The molecule has 1 atom stereocenters. The average molecular weight is 177 g/mol. The maximum atomic E-state index is 13.3. The van der Waals surface area contributed by atoms with Gasteiger partial charge in [-0.05, 0) is 19.4 Å². The van der Waals surface area contributed by atoms with Gasteiger partial charge in [0.25, 0.3) is 0 Å². The molecule has 1 aromatic rings. The molecule has 13 heavy (non-hydrogen) atoms. The van der Waals surface area contributed by atoms with E-state index >= 15 is 0 Å². The summed E-state index contributed by atoms with van der Waals surface area (Å²) in [6.45, 7) is 3.64. The van der Waals surface area contributed by atoms with E-state index in [1.807, 2.05) is 6.92 Å². The Kier molecular flexibility index (Phi) is 2.67. The van der Waals surface area contributed by atoms with Crippen LogP contribution in [-0.2, 0) is 5.41 Å². The Morgan fingerprint density at radius 1 is 1.46 bits per heavy atom. The molecular weight excluding hydrogens is 165 g/mol. The Hall–Kier alpha value is -1.36. The molecule has 0 heterocycles. The van der Waals surface area contributed by atoms with Crippen LogP contribution in [0.5, 0.6) is 0 Å². The van der Waals surface area contributed by atoms with Gasteiger partial charge in [0, 0.05) is 5.56 Å². The predicted octanol–water partition coefficient (Wildman–Crippen LogP) is 3.02. The van der Waals surface area contributed by atoms with Crippen molar-refractivity contribution in [2.24, 2.45) is 0 Å². The van der Waals surface area contributed by atoms with Crippen LogP contribution in [0.3, 0.4) is 0 Å². The van der Waals surface area contributed by atoms with Crippen LogP contribution in [0.15, 0.2) is 24.3 Å². The summed E-state index contributed by atoms with van der Waals surface area (Å²) >= 11 is 0. The lowest BCUT2D eigenvalue weighted by atomic mass is 9.81. The van der Waals surface area contributed by atoms with Gasteiger partial charge in [-0.1, -0.05) is 25.1 Å². The van der Waals surface area contributed by atoms with Crippen LogP contribution in [0.1, 0.15) is 25.8 Å². The molecule has 2 heteroatoms. The number of benzene rings is 1. The van der Waals surface area contributed by atoms with Crippen molar-refractivity contribution in [3.05, 3.63) is 35.6 Å². The van der Waals surface area contributed by atoms with E-state index in [4.69, 9.17) is 5.26 Å². The molecule has 0 amide bonds. The number of nitriles is 1. The molecule has 0 aromatic heterocycles. The topological polar surface area (TPSA) is 23.8 Å². The van der Waals surface area contributed by atoms with E-state index in [2.05, 4.69) is 6.07 Å². The van der Waals surface area contributed by atoms with Gasteiger partial charge in [0.2, 0.25) is 0 Å². The molecule has 68 valence electrons. The van der Waals surface area contributed by atoms with Crippen LogP contribution in [0.2, 0.25) is 0 Å². The molecule has 0 N–H and O–H groups in total. The molecule has 0 aliphatic carbocycles. The van der Waals surface area contributed by atoms with Crippen LogP contribution in [0.4, 0.5) is 4.39 Å². The summed E-state index contributed by atoms with van der Waals surface area (Å²) in [5.74, 6) is -0.298. The van der Waals surface area contributed by atoms with Crippen molar-refractivity contribution in [1.82, 2.24) is 0 Å². The van der Waals surface area contributed by atoms with Crippen molar-refractivity contribution < 1.29 is 4.39 Å². The first kappa shape index (κ1) is 9.73. The van der Waals surface area contributed by atoms with Crippen molar-refractivity contribution in [2.75, 3.05) is 0 Å². The number of hydrogen-bond acceptors (Lipinski definition) is 1. The maximum Gasteiger partial charge on any atom is 0.128 e. The molecule has 1 unspecified atom stereocenters. The van der Waals surface area contributed by atoms with E-state index in [0.29, 0.717) is 12.0 Å². The van der Waals surface area contributed by atoms with Gasteiger partial charge < -0.3 is 0 Å². The predicted molar refractivity (Wildman–Crippen MR) is 49.7 cm³/mol. The number of halogens is 1. The highest BCUT2D eigenvalue weighted by molar-refractivity contribution is 5.32. The van der Waals surface area contributed by atoms with Gasteiger partial charge >= 0.3 is 0 Å². The molecule has 1 rings (SSSR count). The van der Waals surface area contributed by atoms with E-state index in [-0.39, 0.29) is 5.82 Å². The highest BCUT2D eigenvalue weighted by Gasteiger charge is 2.26. The van der Waals surface area contributed by atoms with Crippen LogP contribution in [-0.4, -0.2) is 0 Å². The van der Waals surface area contributed by atoms with E-state index in [1.165, 1.54) is 6.07 Å². The van der Waals surface area contributed by atoms with Gasteiger partial charge in [-0.3, -0.25) is 0 Å². The Labute approximate surface area is 77.8 Å². The number of rotatable bonds is 2. The van der Waals surface area contributed by atoms with Gasteiger partial charge in [-0.25, -0.2) is 4.39 Å². The summed E-state index contributed by atoms with van der Waals surface area (Å²) in [6, 6.07) is 8.59. The van der Waals surface area contributed by atoms with Gasteiger partial charge in [-0.15, -0.1) is 0 Å². The normalized spacial score (nSPS) is 14.6. The molecule has 1 aromatic carbocycles. The fourth-order valence-electron chi connectivity index (χ4n) is 1.24. The smallest absolute Gasteiger partial charge is 0.128 e. The summed E-state index contributed by atoms with van der Waals surface area (Å²) in [7, 11) is 0. The molecule has 0 spiro atoms. The second kappa shape index (κ2) is 3.57. The number of hydrogen-bond donors (Lipinski definition) is 0. The number of nitrogens with zero attached hydrogens (tertiary/aromatic N) is 1. The maximum absolute atomic E-state index is 13.3. The van der Waals surface area contributed by atoms with Crippen molar-refractivity contribution in [3.63, 3.8) is 0 Å². The fraction of sp³-hybridized carbons (Fsp3) is 0.364. The second-order valence-corrected chi connectivity index (χ2v) is 3.28. The molecule has 0 fully saturated rings. The van der Waals surface area contributed by atoms with Gasteiger partial charge in [0.1, 0.15) is 5.82 Å². The van der Waals surface area contributed by atoms with Crippen LogP contribution < -0.4 is 0 Å². The van der Waals surface area contributed by atoms with Gasteiger partial charge in [-0.2, -0.15) is 5.26 Å². The Bertz CT molecular complexity index is 340. The molecule has 0 saturated heterocycles. The van der Waals surface area contributed by atoms with Gasteiger partial charge in [0.05, 0.1) is 11.5 Å². The Balaban J connectivity index is 3.22. The van der Waals surface area contributed by atoms with E-state index < -0.39 is 5.41 Å². The van der Waals surface area contributed by atoms with Crippen molar-refractivity contribution in [3.8, 4) is 6.07 Å². The Morgan fingerprint density at radius 2 is 2.08 bits per heavy atom. The highest BCUT2D eigenvalue weighted by Crippen LogP contribution is 2.28. The summed E-state index contributed by atoms with van der Waals surface area (Å²) in [5.41, 5.74) is -0.217. The van der Waals surface area contributed by atoms with Crippen molar-refractivity contribution >= 4 is 0 Å². The standard InChI is InChI=1S/C11H12FN/c1-3-11(2,8-13)9-6-4-5-7-10(9)12/h4-7H,3H2,1-2H3. The highest BCUT2D eigenvalue weighted by atomic mass is 19.1. The zero-order valence-electron chi connectivity index (χ0n) is 7.84. The summed E-state index contributed by atoms with van der Waals surface area (Å²) < 4.78 is 13.3. The summed E-state index contributed by atoms with van der Waals surface area (Å²) in [4.78, 5) is 0. The third kappa shape index (κ3) is 1.70. The van der Waals surface area contributed by atoms with E-state index in [1.54, 1.807) is 25.1 Å². The second-order valence-electron chi connectivity index (χ2n) is 3.28. The minimum atomic E-state index is -0.703. The minimum Gasteiger partial charge on any atom is -0.207 e. The third-order valence-corrected chi connectivity index (χ3v) is 2.42. The molecule has 0 aliphatic heterocycles. The zero-order chi connectivity index (χ0) is 9.90. The van der Waals surface area contributed by atoms with Crippen molar-refractivity contribution in [2.45, 2.75) is 25.7 Å². The monoisotopic (exact) mass is 177 g/mol. The molecule has 0 bridgehead atoms. The van der Waals surface area contributed by atoms with Crippen LogP contribution in [0.25, 0.3) is 0 Å². The third-order valence-electron chi connectivity index (χ3n) is 2.42.